The lowest BCUT2D eigenvalue weighted by molar-refractivity contribution is 0.0240. The van der Waals surface area contributed by atoms with Crippen LogP contribution < -0.4 is 15.5 Å². The average molecular weight is 547 g/mol. The van der Waals surface area contributed by atoms with E-state index in [9.17, 15) is 9.59 Å². The lowest BCUT2D eigenvalue weighted by Crippen LogP contribution is -2.50. The van der Waals surface area contributed by atoms with E-state index in [1.54, 1.807) is 17.9 Å². The van der Waals surface area contributed by atoms with Crippen LogP contribution in [0.3, 0.4) is 0 Å². The first-order valence-corrected chi connectivity index (χ1v) is 12.8. The Hall–Kier alpha value is -3.44. The third-order valence-corrected chi connectivity index (χ3v) is 6.52. The molecule has 0 spiro atoms. The van der Waals surface area contributed by atoms with Gasteiger partial charge >= 0.3 is 6.09 Å². The topological polar surface area (TPSA) is 113 Å². The number of amides is 2. The lowest BCUT2D eigenvalue weighted by Gasteiger charge is -2.36. The number of ether oxygens (including phenoxy) is 1. The molecule has 10 nitrogen and oxygen atoms in total. The number of rotatable bonds is 5. The maximum absolute atomic E-state index is 12.9. The average Bonchev–Trinajstić information content (AvgIpc) is 3.32. The van der Waals surface area contributed by atoms with Crippen LogP contribution in [0.4, 0.5) is 27.2 Å². The number of piperazine rings is 1. The number of nitrogens with zero attached hydrogens (tertiary/aromatic N) is 5. The van der Waals surface area contributed by atoms with Gasteiger partial charge in [0.05, 0.1) is 16.9 Å². The van der Waals surface area contributed by atoms with Gasteiger partial charge in [0.2, 0.25) is 0 Å². The number of aryl methyl sites for hydroxylation is 2. The Morgan fingerprint density at radius 3 is 2.65 bits per heavy atom. The van der Waals surface area contributed by atoms with E-state index in [0.29, 0.717) is 48.8 Å². The normalized spacial score (nSPS) is 15.4. The number of aromatic nitrogens is 3. The van der Waals surface area contributed by atoms with Crippen molar-refractivity contribution >= 4 is 57.4 Å². The third-order valence-electron chi connectivity index (χ3n) is 5.30. The van der Waals surface area contributed by atoms with Crippen LogP contribution in [0.15, 0.2) is 30.5 Å². The Labute approximate surface area is 229 Å². The van der Waals surface area contributed by atoms with Crippen molar-refractivity contribution in [3.8, 4) is 0 Å². The molecule has 1 saturated heterocycles. The Kier molecular flexibility index (Phi) is 6.69. The quantitative estimate of drug-likeness (QED) is 0.446. The van der Waals surface area contributed by atoms with E-state index >= 15 is 0 Å². The largest absolute Gasteiger partial charge is 0.444 e. The van der Waals surface area contributed by atoms with Gasteiger partial charge in [0.25, 0.3) is 5.91 Å². The summed E-state index contributed by atoms with van der Waals surface area (Å²) < 4.78 is 28.6. The number of halogens is 1. The molecule has 1 aliphatic heterocycles. The van der Waals surface area contributed by atoms with Gasteiger partial charge in [-0.1, -0.05) is 35.1 Å². The molecule has 196 valence electrons. The van der Waals surface area contributed by atoms with E-state index in [2.05, 4.69) is 30.5 Å². The smallest absolute Gasteiger partial charge is 0.410 e. The van der Waals surface area contributed by atoms with Crippen molar-refractivity contribution in [1.82, 2.24) is 19.9 Å². The van der Waals surface area contributed by atoms with Crippen LogP contribution in [-0.2, 0) is 4.74 Å². The summed E-state index contributed by atoms with van der Waals surface area (Å²) >= 11 is 7.27. The number of benzene rings is 1. The van der Waals surface area contributed by atoms with Crippen molar-refractivity contribution in [3.63, 3.8) is 0 Å². The summed E-state index contributed by atoms with van der Waals surface area (Å²) in [5, 5.41) is 6.26. The minimum atomic E-state index is -2.45. The highest BCUT2D eigenvalue weighted by Gasteiger charge is 2.26. The first-order valence-electron chi connectivity index (χ1n) is 13.1. The number of hydrogen-bond donors (Lipinski definition) is 2. The molecule has 1 aliphatic rings. The molecule has 0 atom stereocenters. The van der Waals surface area contributed by atoms with Crippen LogP contribution in [0.1, 0.15) is 45.9 Å². The van der Waals surface area contributed by atoms with E-state index in [0.717, 1.165) is 11.3 Å². The monoisotopic (exact) mass is 546 g/mol. The van der Waals surface area contributed by atoms with Crippen LogP contribution in [0.2, 0.25) is 5.02 Å². The first-order chi connectivity index (χ1) is 18.7. The van der Waals surface area contributed by atoms with Gasteiger partial charge in [-0.2, -0.15) is 0 Å². The molecular weight excluding hydrogens is 514 g/mol. The lowest BCUT2D eigenvalue weighted by atomic mass is 10.2. The van der Waals surface area contributed by atoms with E-state index in [1.165, 1.54) is 24.4 Å². The molecule has 3 aromatic rings. The standard InChI is InChI=1S/C25H30ClN7O3S/c1-15-7-6-8-17(26)21(15)31-22(34)18-14-27-23(37-18)30-19-13-20(29-16(2)28-19)32-9-11-33(12-10-32)24(35)36-25(3,4)5/h6-8,13-14H,9-12H2,1-5H3,(H,31,34)(H,27,28,29,30)/i1D3. The van der Waals surface area contributed by atoms with Gasteiger partial charge in [0, 0.05) is 36.4 Å². The molecule has 4 rings (SSSR count). The fourth-order valence-corrected chi connectivity index (χ4v) is 4.54. The Bertz CT molecular complexity index is 1400. The zero-order valence-corrected chi connectivity index (χ0v) is 22.5. The molecule has 0 unspecified atom stereocenters. The van der Waals surface area contributed by atoms with Crippen LogP contribution in [-0.4, -0.2) is 63.6 Å². The molecule has 37 heavy (non-hydrogen) atoms. The second kappa shape index (κ2) is 10.9. The predicted octanol–water partition coefficient (Wildman–Crippen LogP) is 5.26. The molecule has 0 bridgehead atoms. The van der Waals surface area contributed by atoms with E-state index in [1.807, 2.05) is 20.8 Å². The fourth-order valence-electron chi connectivity index (χ4n) is 3.60. The highest BCUT2D eigenvalue weighted by Crippen LogP contribution is 2.28. The highest BCUT2D eigenvalue weighted by atomic mass is 35.5. The Morgan fingerprint density at radius 2 is 1.95 bits per heavy atom. The van der Waals surface area contributed by atoms with Crippen molar-refractivity contribution in [2.75, 3.05) is 41.7 Å². The molecule has 3 heterocycles. The van der Waals surface area contributed by atoms with Crippen molar-refractivity contribution in [2.24, 2.45) is 0 Å². The van der Waals surface area contributed by atoms with E-state index in [-0.39, 0.29) is 27.2 Å². The van der Waals surface area contributed by atoms with Crippen LogP contribution in [0.25, 0.3) is 0 Å². The maximum Gasteiger partial charge on any atom is 0.410 e. The minimum absolute atomic E-state index is 0.0416. The molecule has 12 heteroatoms. The Morgan fingerprint density at radius 1 is 1.19 bits per heavy atom. The highest BCUT2D eigenvalue weighted by molar-refractivity contribution is 7.17. The Balaban J connectivity index is 1.42. The van der Waals surface area contributed by atoms with Gasteiger partial charge in [0.15, 0.2) is 5.13 Å². The number of nitrogens with one attached hydrogen (secondary N) is 2. The molecule has 2 aromatic heterocycles. The summed E-state index contributed by atoms with van der Waals surface area (Å²) in [6.45, 7) is 7.01. The van der Waals surface area contributed by atoms with Gasteiger partial charge in [-0.05, 0) is 46.2 Å². The van der Waals surface area contributed by atoms with Crippen LogP contribution >= 0.6 is 22.9 Å². The molecular formula is C25H30ClN7O3S. The van der Waals surface area contributed by atoms with Gasteiger partial charge in [-0.15, -0.1) is 0 Å². The maximum atomic E-state index is 12.9. The van der Waals surface area contributed by atoms with Gasteiger partial charge in [0.1, 0.15) is 27.9 Å². The van der Waals surface area contributed by atoms with E-state index < -0.39 is 18.4 Å². The van der Waals surface area contributed by atoms with Gasteiger partial charge < -0.3 is 25.2 Å². The second-order valence-electron chi connectivity index (χ2n) is 9.38. The molecule has 0 radical (unpaired) electrons. The molecule has 0 aliphatic carbocycles. The summed E-state index contributed by atoms with van der Waals surface area (Å²) in [5.74, 6) is 1.20. The zero-order valence-electron chi connectivity index (χ0n) is 24.0. The van der Waals surface area contributed by atoms with E-state index in [4.69, 9.17) is 20.5 Å². The molecule has 2 N–H and O–H groups in total. The predicted molar refractivity (Wildman–Crippen MR) is 146 cm³/mol. The van der Waals surface area contributed by atoms with Gasteiger partial charge in [-0.25, -0.2) is 19.7 Å². The number of thiazole rings is 1. The summed E-state index contributed by atoms with van der Waals surface area (Å²) in [6, 6.07) is 6.22. The molecule has 2 amide bonds. The minimum Gasteiger partial charge on any atom is -0.444 e. The van der Waals surface area contributed by atoms with Crippen molar-refractivity contribution in [1.29, 1.82) is 0 Å². The van der Waals surface area contributed by atoms with Crippen molar-refractivity contribution < 1.29 is 18.4 Å². The van der Waals surface area contributed by atoms with Gasteiger partial charge in [-0.3, -0.25) is 4.79 Å². The van der Waals surface area contributed by atoms with Crippen molar-refractivity contribution in [3.05, 3.63) is 51.7 Å². The molecule has 1 fully saturated rings. The summed E-state index contributed by atoms with van der Waals surface area (Å²) in [4.78, 5) is 42.5. The fraction of sp³-hybridized carbons (Fsp3) is 0.400. The second-order valence-corrected chi connectivity index (χ2v) is 10.8. The van der Waals surface area contributed by atoms with Crippen molar-refractivity contribution in [2.45, 2.75) is 40.1 Å². The summed E-state index contributed by atoms with van der Waals surface area (Å²) in [6.07, 6.45) is 1.06. The molecule has 1 aromatic carbocycles. The number of para-hydroxylation sites is 1. The zero-order chi connectivity index (χ0) is 29.2. The third kappa shape index (κ3) is 6.86. The van der Waals surface area contributed by atoms with Crippen LogP contribution in [0, 0.1) is 13.8 Å². The SMILES string of the molecule is [2H]C([2H])([2H])c1cccc(Cl)c1NC(=O)c1cnc(Nc2cc(N3CCN(C(=O)OC(C)(C)C)CC3)nc(C)n2)s1. The number of anilines is 4. The molecule has 0 saturated carbocycles. The number of carbonyl (C=O) groups is 2. The summed E-state index contributed by atoms with van der Waals surface area (Å²) in [7, 11) is 0. The van der Waals surface area contributed by atoms with Crippen LogP contribution in [0.5, 0.6) is 0 Å². The first kappa shape index (κ1) is 22.7. The number of hydrogen-bond acceptors (Lipinski definition) is 9. The summed E-state index contributed by atoms with van der Waals surface area (Å²) in [5.41, 5.74) is -0.559. The number of carbonyl (C=O) groups excluding carboxylic acids is 2.